The van der Waals surface area contributed by atoms with E-state index in [9.17, 15) is 4.79 Å². The van der Waals surface area contributed by atoms with E-state index in [1.54, 1.807) is 7.05 Å². The lowest BCUT2D eigenvalue weighted by atomic mass is 10.3. The minimum atomic E-state index is -0.211. The van der Waals surface area contributed by atoms with Crippen molar-refractivity contribution in [2.45, 2.75) is 40.3 Å². The van der Waals surface area contributed by atoms with Crippen molar-refractivity contribution in [1.29, 1.82) is 0 Å². The molecule has 0 aliphatic rings. The van der Waals surface area contributed by atoms with E-state index in [0.29, 0.717) is 24.7 Å². The van der Waals surface area contributed by atoms with Crippen LogP contribution in [0.2, 0.25) is 0 Å². The van der Waals surface area contributed by atoms with Gasteiger partial charge in [0.15, 0.2) is 5.76 Å². The number of aryl methyl sites for hydroxylation is 3. The SMILES string of the molecule is CCc1cc(CN(C)C(=O)NCc2nc(C)cc(C)n2)on1. The van der Waals surface area contributed by atoms with Crippen LogP contribution in [0.25, 0.3) is 0 Å². The summed E-state index contributed by atoms with van der Waals surface area (Å²) in [7, 11) is 1.70. The van der Waals surface area contributed by atoms with Gasteiger partial charge in [0.2, 0.25) is 0 Å². The van der Waals surface area contributed by atoms with E-state index >= 15 is 0 Å². The second-order valence-electron chi connectivity index (χ2n) is 5.22. The van der Waals surface area contributed by atoms with E-state index in [0.717, 1.165) is 23.5 Å². The Kier molecular flexibility index (Phi) is 5.08. The lowest BCUT2D eigenvalue weighted by Gasteiger charge is -2.16. The van der Waals surface area contributed by atoms with Gasteiger partial charge in [0.25, 0.3) is 0 Å². The molecule has 0 saturated carbocycles. The van der Waals surface area contributed by atoms with Gasteiger partial charge in [-0.15, -0.1) is 0 Å². The van der Waals surface area contributed by atoms with Crippen LogP contribution in [-0.2, 0) is 19.5 Å². The van der Waals surface area contributed by atoms with Gasteiger partial charge in [0, 0.05) is 24.5 Å². The topological polar surface area (TPSA) is 84.2 Å². The van der Waals surface area contributed by atoms with E-state index in [2.05, 4.69) is 20.4 Å². The summed E-state index contributed by atoms with van der Waals surface area (Å²) in [6.07, 6.45) is 0.809. The third-order valence-corrected chi connectivity index (χ3v) is 3.14. The fourth-order valence-corrected chi connectivity index (χ4v) is 2.07. The van der Waals surface area contributed by atoms with Gasteiger partial charge in [0.1, 0.15) is 5.82 Å². The molecule has 2 aromatic rings. The molecule has 0 aromatic carbocycles. The molecule has 22 heavy (non-hydrogen) atoms. The molecule has 2 heterocycles. The second kappa shape index (κ2) is 7.02. The molecule has 118 valence electrons. The Balaban J connectivity index is 1.88. The van der Waals surface area contributed by atoms with E-state index < -0.39 is 0 Å². The summed E-state index contributed by atoms with van der Waals surface area (Å²) in [5.74, 6) is 1.27. The summed E-state index contributed by atoms with van der Waals surface area (Å²) < 4.78 is 5.17. The van der Waals surface area contributed by atoms with E-state index in [1.807, 2.05) is 32.9 Å². The number of hydrogen-bond donors (Lipinski definition) is 1. The molecule has 0 atom stereocenters. The first-order chi connectivity index (χ1) is 10.5. The Morgan fingerprint density at radius 3 is 2.55 bits per heavy atom. The monoisotopic (exact) mass is 303 g/mol. The second-order valence-corrected chi connectivity index (χ2v) is 5.22. The van der Waals surface area contributed by atoms with Crippen molar-refractivity contribution in [2.24, 2.45) is 0 Å². The average Bonchev–Trinajstić information content (AvgIpc) is 2.91. The molecule has 2 rings (SSSR count). The van der Waals surface area contributed by atoms with Gasteiger partial charge in [-0.25, -0.2) is 14.8 Å². The van der Waals surface area contributed by atoms with Crippen LogP contribution in [0.5, 0.6) is 0 Å². The minimum Gasteiger partial charge on any atom is -0.359 e. The van der Waals surface area contributed by atoms with Crippen molar-refractivity contribution in [3.05, 3.63) is 40.8 Å². The number of nitrogens with one attached hydrogen (secondary N) is 1. The third-order valence-electron chi connectivity index (χ3n) is 3.14. The van der Waals surface area contributed by atoms with Crippen LogP contribution < -0.4 is 5.32 Å². The highest BCUT2D eigenvalue weighted by Gasteiger charge is 2.12. The number of carbonyl (C=O) groups excluding carboxylic acids is 1. The lowest BCUT2D eigenvalue weighted by Crippen LogP contribution is -2.36. The number of rotatable bonds is 5. The highest BCUT2D eigenvalue weighted by molar-refractivity contribution is 5.73. The Morgan fingerprint density at radius 2 is 1.95 bits per heavy atom. The quantitative estimate of drug-likeness (QED) is 0.913. The molecule has 7 nitrogen and oxygen atoms in total. The van der Waals surface area contributed by atoms with E-state index in [1.165, 1.54) is 4.90 Å². The number of carbonyl (C=O) groups is 1. The van der Waals surface area contributed by atoms with Crippen molar-refractivity contribution >= 4 is 6.03 Å². The summed E-state index contributed by atoms with van der Waals surface area (Å²) in [5.41, 5.74) is 2.66. The lowest BCUT2D eigenvalue weighted by molar-refractivity contribution is 0.200. The molecule has 0 aliphatic carbocycles. The highest BCUT2D eigenvalue weighted by atomic mass is 16.5. The molecule has 2 amide bonds. The molecule has 0 fully saturated rings. The maximum atomic E-state index is 12.1. The maximum absolute atomic E-state index is 12.1. The molecule has 0 bridgehead atoms. The predicted octanol–water partition coefficient (Wildman–Crippen LogP) is 1.99. The minimum absolute atomic E-state index is 0.211. The molecule has 0 aliphatic heterocycles. The average molecular weight is 303 g/mol. The van der Waals surface area contributed by atoms with E-state index in [4.69, 9.17) is 4.52 Å². The summed E-state index contributed by atoms with van der Waals surface area (Å²) >= 11 is 0. The zero-order valence-electron chi connectivity index (χ0n) is 13.4. The molecule has 7 heteroatoms. The van der Waals surface area contributed by atoms with Crippen LogP contribution in [0.15, 0.2) is 16.7 Å². The molecular weight excluding hydrogens is 282 g/mol. The number of amides is 2. The first-order valence-corrected chi connectivity index (χ1v) is 7.22. The van der Waals surface area contributed by atoms with Gasteiger partial charge >= 0.3 is 6.03 Å². The number of urea groups is 1. The fraction of sp³-hybridized carbons (Fsp3) is 0.467. The van der Waals surface area contributed by atoms with E-state index in [-0.39, 0.29) is 6.03 Å². The molecule has 0 spiro atoms. The molecule has 0 unspecified atom stereocenters. The van der Waals surface area contributed by atoms with Crippen molar-refractivity contribution in [1.82, 2.24) is 25.3 Å². The first-order valence-electron chi connectivity index (χ1n) is 7.22. The molecule has 2 aromatic heterocycles. The van der Waals surface area contributed by atoms with Crippen LogP contribution in [0, 0.1) is 13.8 Å². The normalized spacial score (nSPS) is 10.5. The van der Waals surface area contributed by atoms with Gasteiger partial charge in [-0.05, 0) is 26.3 Å². The van der Waals surface area contributed by atoms with Crippen LogP contribution in [0.3, 0.4) is 0 Å². The van der Waals surface area contributed by atoms with Crippen molar-refractivity contribution in [3.63, 3.8) is 0 Å². The summed E-state index contributed by atoms with van der Waals surface area (Å²) in [4.78, 5) is 22.2. The first kappa shape index (κ1) is 15.9. The maximum Gasteiger partial charge on any atom is 0.317 e. The van der Waals surface area contributed by atoms with Crippen molar-refractivity contribution in [2.75, 3.05) is 7.05 Å². The van der Waals surface area contributed by atoms with Gasteiger partial charge < -0.3 is 14.7 Å². The third kappa shape index (κ3) is 4.28. The highest BCUT2D eigenvalue weighted by Crippen LogP contribution is 2.07. The summed E-state index contributed by atoms with van der Waals surface area (Å²) in [6.45, 7) is 6.47. The Bertz CT molecular complexity index is 633. The standard InChI is InChI=1S/C15H21N5O2/c1-5-12-7-13(22-19-12)9-20(4)15(21)16-8-14-17-10(2)6-11(3)18-14/h6-7H,5,8-9H2,1-4H3,(H,16,21). The summed E-state index contributed by atoms with van der Waals surface area (Å²) in [6, 6.07) is 3.54. The van der Waals surface area contributed by atoms with Crippen molar-refractivity contribution in [3.8, 4) is 0 Å². The zero-order valence-corrected chi connectivity index (χ0v) is 13.4. The van der Waals surface area contributed by atoms with Crippen LogP contribution in [0.4, 0.5) is 4.79 Å². The summed E-state index contributed by atoms with van der Waals surface area (Å²) in [5, 5.41) is 6.70. The van der Waals surface area contributed by atoms with Gasteiger partial charge in [-0.3, -0.25) is 0 Å². The zero-order chi connectivity index (χ0) is 16.1. The van der Waals surface area contributed by atoms with Crippen LogP contribution in [-0.4, -0.2) is 33.1 Å². The predicted molar refractivity (Wildman–Crippen MR) is 81.1 cm³/mol. The van der Waals surface area contributed by atoms with Gasteiger partial charge in [-0.1, -0.05) is 12.1 Å². The van der Waals surface area contributed by atoms with Gasteiger partial charge in [0.05, 0.1) is 18.8 Å². The van der Waals surface area contributed by atoms with Crippen LogP contribution in [0.1, 0.15) is 35.6 Å². The molecule has 0 saturated heterocycles. The van der Waals surface area contributed by atoms with Crippen LogP contribution >= 0.6 is 0 Å². The smallest absolute Gasteiger partial charge is 0.317 e. The number of nitrogens with zero attached hydrogens (tertiary/aromatic N) is 4. The molecule has 0 radical (unpaired) electrons. The fourth-order valence-electron chi connectivity index (χ4n) is 2.07. The number of hydrogen-bond acceptors (Lipinski definition) is 5. The molecular formula is C15H21N5O2. The Labute approximate surface area is 129 Å². The Hall–Kier alpha value is -2.44. The molecule has 1 N–H and O–H groups in total. The van der Waals surface area contributed by atoms with Crippen molar-refractivity contribution < 1.29 is 9.32 Å². The number of aromatic nitrogens is 3. The largest absolute Gasteiger partial charge is 0.359 e. The Morgan fingerprint density at radius 1 is 1.27 bits per heavy atom. The van der Waals surface area contributed by atoms with Gasteiger partial charge in [-0.2, -0.15) is 0 Å².